The second kappa shape index (κ2) is 8.52. The summed E-state index contributed by atoms with van der Waals surface area (Å²) in [6, 6.07) is 0.458. The van der Waals surface area contributed by atoms with Crippen LogP contribution < -0.4 is 15.4 Å². The zero-order valence-electron chi connectivity index (χ0n) is 12.9. The molecule has 1 heterocycles. The Kier molecular flexibility index (Phi) is 7.00. The lowest BCUT2D eigenvalue weighted by atomic mass is 10.1. The first-order valence-corrected chi connectivity index (χ1v) is 6.92. The molecular formula is C13H25N5O2. The van der Waals surface area contributed by atoms with Crippen molar-refractivity contribution in [3.63, 3.8) is 0 Å². The van der Waals surface area contributed by atoms with E-state index in [9.17, 15) is 0 Å². The van der Waals surface area contributed by atoms with Gasteiger partial charge in [-0.3, -0.25) is 0 Å². The third-order valence-electron chi connectivity index (χ3n) is 2.74. The number of nitrogens with zero attached hydrogens (tertiary/aromatic N) is 3. The Balaban J connectivity index is 2.86. The average Bonchev–Trinajstić information content (AvgIpc) is 2.44. The van der Waals surface area contributed by atoms with Crippen LogP contribution in [0.2, 0.25) is 0 Å². The number of nitrogens with one attached hydrogen (secondary N) is 2. The molecule has 0 aliphatic carbocycles. The zero-order valence-corrected chi connectivity index (χ0v) is 12.9. The molecule has 1 unspecified atom stereocenters. The van der Waals surface area contributed by atoms with Crippen LogP contribution in [-0.2, 0) is 4.74 Å². The number of ether oxygens (including phenoxy) is 2. The zero-order chi connectivity index (χ0) is 15.0. The van der Waals surface area contributed by atoms with Crippen molar-refractivity contribution in [2.24, 2.45) is 5.92 Å². The monoisotopic (exact) mass is 283 g/mol. The van der Waals surface area contributed by atoms with Crippen LogP contribution in [0.3, 0.4) is 0 Å². The molecule has 0 radical (unpaired) electrons. The number of hydrogen-bond acceptors (Lipinski definition) is 7. The largest absolute Gasteiger partial charge is 0.463 e. The number of rotatable bonds is 9. The smallest absolute Gasteiger partial charge is 0.323 e. The van der Waals surface area contributed by atoms with Crippen LogP contribution >= 0.6 is 0 Å². The second-order valence-corrected chi connectivity index (χ2v) is 4.81. The summed E-state index contributed by atoms with van der Waals surface area (Å²) in [5, 5.41) is 6.17. The summed E-state index contributed by atoms with van der Waals surface area (Å²) in [6.07, 6.45) is 0.904. The van der Waals surface area contributed by atoms with Gasteiger partial charge in [-0.15, -0.1) is 0 Å². The highest BCUT2D eigenvalue weighted by molar-refractivity contribution is 5.36. The van der Waals surface area contributed by atoms with Crippen LogP contribution in [0.25, 0.3) is 0 Å². The highest BCUT2D eigenvalue weighted by atomic mass is 16.5. The van der Waals surface area contributed by atoms with Gasteiger partial charge in [-0.25, -0.2) is 0 Å². The van der Waals surface area contributed by atoms with E-state index in [0.717, 1.165) is 6.42 Å². The van der Waals surface area contributed by atoms with E-state index in [4.69, 9.17) is 9.47 Å². The molecule has 1 aromatic heterocycles. The summed E-state index contributed by atoms with van der Waals surface area (Å²) < 4.78 is 10.7. The number of hydrogen-bond donors (Lipinski definition) is 2. The Bertz CT molecular complexity index is 400. The van der Waals surface area contributed by atoms with Crippen LogP contribution in [0.5, 0.6) is 6.01 Å². The minimum Gasteiger partial charge on any atom is -0.463 e. The van der Waals surface area contributed by atoms with Crippen LogP contribution in [0.15, 0.2) is 0 Å². The molecule has 0 bridgehead atoms. The second-order valence-electron chi connectivity index (χ2n) is 4.81. The molecule has 0 aliphatic heterocycles. The van der Waals surface area contributed by atoms with Crippen LogP contribution in [0.1, 0.15) is 27.2 Å². The lowest BCUT2D eigenvalue weighted by molar-refractivity contribution is 0.170. The van der Waals surface area contributed by atoms with E-state index in [-0.39, 0.29) is 6.04 Å². The third kappa shape index (κ3) is 5.16. The van der Waals surface area contributed by atoms with E-state index in [1.165, 1.54) is 0 Å². The Morgan fingerprint density at radius 2 is 1.85 bits per heavy atom. The van der Waals surface area contributed by atoms with E-state index >= 15 is 0 Å². The first kappa shape index (κ1) is 16.4. The molecule has 1 aromatic rings. The Morgan fingerprint density at radius 1 is 1.15 bits per heavy atom. The summed E-state index contributed by atoms with van der Waals surface area (Å²) in [6.45, 7) is 7.44. The molecule has 0 saturated heterocycles. The molecule has 7 heteroatoms. The minimum absolute atomic E-state index is 0.131. The Hall–Kier alpha value is -1.63. The lowest BCUT2D eigenvalue weighted by Gasteiger charge is -2.21. The van der Waals surface area contributed by atoms with Crippen molar-refractivity contribution in [2.75, 3.05) is 38.0 Å². The summed E-state index contributed by atoms with van der Waals surface area (Å²) in [5.74, 6) is 1.37. The maximum atomic E-state index is 5.47. The first-order chi connectivity index (χ1) is 9.60. The fourth-order valence-electron chi connectivity index (χ4n) is 1.54. The molecule has 20 heavy (non-hydrogen) atoms. The molecule has 0 saturated carbocycles. The van der Waals surface area contributed by atoms with Crippen LogP contribution in [0.4, 0.5) is 11.9 Å². The van der Waals surface area contributed by atoms with Gasteiger partial charge in [0, 0.05) is 14.2 Å². The van der Waals surface area contributed by atoms with Gasteiger partial charge in [-0.2, -0.15) is 15.0 Å². The van der Waals surface area contributed by atoms with Gasteiger partial charge in [0.1, 0.15) is 0 Å². The first-order valence-electron chi connectivity index (χ1n) is 6.92. The molecular weight excluding hydrogens is 258 g/mol. The fourth-order valence-corrected chi connectivity index (χ4v) is 1.54. The summed E-state index contributed by atoms with van der Waals surface area (Å²) in [5.41, 5.74) is 0. The maximum Gasteiger partial charge on any atom is 0.323 e. The molecule has 1 rings (SSSR count). The van der Waals surface area contributed by atoms with Gasteiger partial charge in [-0.1, -0.05) is 20.8 Å². The Morgan fingerprint density at radius 3 is 2.40 bits per heavy atom. The van der Waals surface area contributed by atoms with Gasteiger partial charge in [0.25, 0.3) is 0 Å². The number of aromatic nitrogens is 3. The van der Waals surface area contributed by atoms with Gasteiger partial charge in [0.15, 0.2) is 0 Å². The average molecular weight is 283 g/mol. The molecule has 1 atom stereocenters. The predicted molar refractivity (Wildman–Crippen MR) is 79.3 cm³/mol. The van der Waals surface area contributed by atoms with Gasteiger partial charge in [0.2, 0.25) is 11.9 Å². The van der Waals surface area contributed by atoms with Gasteiger partial charge >= 0.3 is 6.01 Å². The Labute approximate surface area is 120 Å². The van der Waals surface area contributed by atoms with Gasteiger partial charge < -0.3 is 20.1 Å². The van der Waals surface area contributed by atoms with Crippen molar-refractivity contribution in [1.29, 1.82) is 0 Å². The van der Waals surface area contributed by atoms with E-state index in [1.54, 1.807) is 14.2 Å². The molecule has 0 amide bonds. The molecule has 0 aliphatic rings. The van der Waals surface area contributed by atoms with Crippen LogP contribution in [-0.4, -0.2) is 48.4 Å². The molecule has 2 N–H and O–H groups in total. The minimum atomic E-state index is 0.131. The van der Waals surface area contributed by atoms with Crippen molar-refractivity contribution in [1.82, 2.24) is 15.0 Å². The third-order valence-corrected chi connectivity index (χ3v) is 2.74. The summed E-state index contributed by atoms with van der Waals surface area (Å²) in [4.78, 5) is 12.7. The summed E-state index contributed by atoms with van der Waals surface area (Å²) >= 11 is 0. The number of methoxy groups -OCH3 is 1. The van der Waals surface area contributed by atoms with Crippen molar-refractivity contribution in [3.8, 4) is 6.01 Å². The standard InChI is InChI=1S/C13H25N5O2/c1-6-7-20-13-17-11(14-4)16-12(18-13)15-10(8-19-5)9(2)3/h9-10H,6-8H2,1-5H3,(H2,14,15,16,17,18). The van der Waals surface area contributed by atoms with E-state index in [0.29, 0.717) is 37.0 Å². The van der Waals surface area contributed by atoms with E-state index in [2.05, 4.69) is 39.4 Å². The maximum absolute atomic E-state index is 5.47. The molecule has 0 spiro atoms. The van der Waals surface area contributed by atoms with Gasteiger partial charge in [-0.05, 0) is 12.3 Å². The topological polar surface area (TPSA) is 81.2 Å². The normalized spacial score (nSPS) is 12.3. The predicted octanol–water partition coefficient (Wildman–Crippen LogP) is 1.78. The van der Waals surface area contributed by atoms with Crippen molar-refractivity contribution in [3.05, 3.63) is 0 Å². The molecule has 7 nitrogen and oxygen atoms in total. The lowest BCUT2D eigenvalue weighted by Crippen LogP contribution is -2.31. The molecule has 0 fully saturated rings. The SMILES string of the molecule is CCCOc1nc(NC)nc(NC(COC)C(C)C)n1. The number of anilines is 2. The highest BCUT2D eigenvalue weighted by Gasteiger charge is 2.16. The quantitative estimate of drug-likeness (QED) is 0.715. The van der Waals surface area contributed by atoms with E-state index < -0.39 is 0 Å². The summed E-state index contributed by atoms with van der Waals surface area (Å²) in [7, 11) is 3.44. The van der Waals surface area contributed by atoms with Crippen molar-refractivity contribution < 1.29 is 9.47 Å². The van der Waals surface area contributed by atoms with Gasteiger partial charge in [0.05, 0.1) is 19.3 Å². The molecule has 114 valence electrons. The van der Waals surface area contributed by atoms with Crippen LogP contribution in [0, 0.1) is 5.92 Å². The highest BCUT2D eigenvalue weighted by Crippen LogP contribution is 2.14. The van der Waals surface area contributed by atoms with Crippen molar-refractivity contribution >= 4 is 11.9 Å². The molecule has 0 aromatic carbocycles. The fraction of sp³-hybridized carbons (Fsp3) is 0.769. The van der Waals surface area contributed by atoms with E-state index in [1.807, 2.05) is 6.92 Å². The van der Waals surface area contributed by atoms with Crippen molar-refractivity contribution in [2.45, 2.75) is 33.2 Å².